The summed E-state index contributed by atoms with van der Waals surface area (Å²) in [6.45, 7) is 1.86. The highest BCUT2D eigenvalue weighted by Crippen LogP contribution is 2.52. The van der Waals surface area contributed by atoms with Gasteiger partial charge >= 0.3 is 0 Å². The van der Waals surface area contributed by atoms with Gasteiger partial charge in [0.2, 0.25) is 0 Å². The third kappa shape index (κ3) is 2.11. The van der Waals surface area contributed by atoms with Gasteiger partial charge in [0.15, 0.2) is 0 Å². The Kier molecular flexibility index (Phi) is 2.95. The molecule has 3 unspecified atom stereocenters. The number of hydrogen-bond acceptors (Lipinski definition) is 2. The number of aromatic amines is 1. The lowest BCUT2D eigenvalue weighted by atomic mass is 9.88. The van der Waals surface area contributed by atoms with Crippen molar-refractivity contribution in [3.8, 4) is 11.3 Å². The van der Waals surface area contributed by atoms with E-state index in [0.717, 1.165) is 28.9 Å². The summed E-state index contributed by atoms with van der Waals surface area (Å²) < 4.78 is 0. The summed E-state index contributed by atoms with van der Waals surface area (Å²) in [5.74, 6) is 2.95. The van der Waals surface area contributed by atoms with Crippen LogP contribution in [0.15, 0.2) is 35.1 Å². The zero-order chi connectivity index (χ0) is 14.4. The summed E-state index contributed by atoms with van der Waals surface area (Å²) in [4.78, 5) is 20.2. The minimum atomic E-state index is 0.0154. The fraction of sp³-hybridized carbons (Fsp3) is 0.444. The Morgan fingerprint density at radius 2 is 1.95 bits per heavy atom. The van der Waals surface area contributed by atoms with Gasteiger partial charge in [-0.1, -0.05) is 36.8 Å². The summed E-state index contributed by atoms with van der Waals surface area (Å²) in [6, 6.07) is 10.0. The fourth-order valence-electron chi connectivity index (χ4n) is 4.18. The first kappa shape index (κ1) is 12.8. The first-order valence-electron chi connectivity index (χ1n) is 7.88. The molecule has 3 atom stereocenters. The van der Waals surface area contributed by atoms with Gasteiger partial charge in [-0.15, -0.1) is 0 Å². The molecule has 2 saturated carbocycles. The third-order valence-electron chi connectivity index (χ3n) is 5.31. The van der Waals surface area contributed by atoms with E-state index in [0.29, 0.717) is 11.5 Å². The topological polar surface area (TPSA) is 45.8 Å². The number of nitrogens with zero attached hydrogens (tertiary/aromatic N) is 1. The smallest absolute Gasteiger partial charge is 0.254 e. The van der Waals surface area contributed by atoms with E-state index in [1.807, 2.05) is 37.3 Å². The maximum Gasteiger partial charge on any atom is 0.254 e. The maximum absolute atomic E-state index is 12.3. The van der Waals surface area contributed by atoms with E-state index in [-0.39, 0.29) is 5.56 Å². The van der Waals surface area contributed by atoms with Gasteiger partial charge in [0, 0.05) is 17.0 Å². The number of H-pyrrole nitrogens is 1. The monoisotopic (exact) mass is 280 g/mol. The highest BCUT2D eigenvalue weighted by atomic mass is 16.1. The van der Waals surface area contributed by atoms with E-state index in [2.05, 4.69) is 4.98 Å². The van der Waals surface area contributed by atoms with Gasteiger partial charge in [-0.2, -0.15) is 0 Å². The van der Waals surface area contributed by atoms with Gasteiger partial charge in [0.25, 0.3) is 5.56 Å². The summed E-state index contributed by atoms with van der Waals surface area (Å²) in [6.07, 6.45) is 5.18. The second kappa shape index (κ2) is 4.83. The normalized spacial score (nSPS) is 27.2. The van der Waals surface area contributed by atoms with E-state index in [4.69, 9.17) is 4.98 Å². The molecule has 1 heterocycles. The fourth-order valence-corrected chi connectivity index (χ4v) is 4.18. The van der Waals surface area contributed by atoms with Crippen LogP contribution >= 0.6 is 0 Å². The van der Waals surface area contributed by atoms with Crippen molar-refractivity contribution in [1.29, 1.82) is 0 Å². The lowest BCUT2D eigenvalue weighted by molar-refractivity contribution is 0.404. The molecule has 0 spiro atoms. The molecule has 2 aromatic rings. The highest BCUT2D eigenvalue weighted by Gasteiger charge is 2.41. The van der Waals surface area contributed by atoms with Crippen LogP contribution in [0.3, 0.4) is 0 Å². The Labute approximate surface area is 124 Å². The largest absolute Gasteiger partial charge is 0.310 e. The average Bonchev–Trinajstić information content (AvgIpc) is 3.13. The first-order valence-corrected chi connectivity index (χ1v) is 7.88. The maximum atomic E-state index is 12.3. The molecule has 0 saturated heterocycles. The number of fused-ring (bicyclic) bond motifs is 2. The minimum Gasteiger partial charge on any atom is -0.310 e. The molecular weight excluding hydrogens is 260 g/mol. The molecule has 0 aliphatic heterocycles. The zero-order valence-corrected chi connectivity index (χ0v) is 12.3. The molecule has 4 rings (SSSR count). The van der Waals surface area contributed by atoms with Crippen LogP contribution in [0.1, 0.15) is 43.0 Å². The van der Waals surface area contributed by atoms with Crippen molar-refractivity contribution in [2.24, 2.45) is 11.8 Å². The quantitative estimate of drug-likeness (QED) is 0.912. The third-order valence-corrected chi connectivity index (χ3v) is 5.31. The molecule has 108 valence electrons. The van der Waals surface area contributed by atoms with E-state index < -0.39 is 0 Å². The molecule has 2 aliphatic carbocycles. The number of aromatic nitrogens is 2. The van der Waals surface area contributed by atoms with Crippen LogP contribution in [0.4, 0.5) is 0 Å². The summed E-state index contributed by atoms with van der Waals surface area (Å²) >= 11 is 0. The van der Waals surface area contributed by atoms with Crippen LogP contribution in [0.5, 0.6) is 0 Å². The van der Waals surface area contributed by atoms with Crippen LogP contribution < -0.4 is 5.56 Å². The highest BCUT2D eigenvalue weighted by molar-refractivity contribution is 5.62. The molecule has 2 bridgehead atoms. The second-order valence-corrected chi connectivity index (χ2v) is 6.57. The van der Waals surface area contributed by atoms with E-state index in [1.165, 1.54) is 25.7 Å². The van der Waals surface area contributed by atoms with Crippen molar-refractivity contribution < 1.29 is 0 Å². The summed E-state index contributed by atoms with van der Waals surface area (Å²) in [5.41, 5.74) is 2.61. The molecule has 21 heavy (non-hydrogen) atoms. The van der Waals surface area contributed by atoms with Gasteiger partial charge in [-0.3, -0.25) is 4.79 Å². The standard InChI is InChI=1S/C18H20N2O/c1-11-16(13-5-3-2-4-6-13)19-17(20-18(11)21)15-10-12-7-8-14(15)9-12/h2-6,12,14-15H,7-10H2,1H3,(H,19,20,21). The molecule has 1 N–H and O–H groups in total. The molecule has 0 amide bonds. The van der Waals surface area contributed by atoms with Gasteiger partial charge in [-0.05, 0) is 38.0 Å². The molecule has 1 aromatic carbocycles. The Morgan fingerprint density at radius 3 is 2.62 bits per heavy atom. The predicted molar refractivity (Wildman–Crippen MR) is 83.2 cm³/mol. The van der Waals surface area contributed by atoms with Gasteiger partial charge < -0.3 is 4.98 Å². The first-order chi connectivity index (χ1) is 10.2. The zero-order valence-electron chi connectivity index (χ0n) is 12.3. The average molecular weight is 280 g/mol. The minimum absolute atomic E-state index is 0.0154. The van der Waals surface area contributed by atoms with Crippen molar-refractivity contribution in [3.05, 3.63) is 52.1 Å². The molecule has 0 radical (unpaired) electrons. The van der Waals surface area contributed by atoms with Crippen LogP contribution in [-0.4, -0.2) is 9.97 Å². The summed E-state index contributed by atoms with van der Waals surface area (Å²) in [7, 11) is 0. The lowest BCUT2D eigenvalue weighted by Crippen LogP contribution is -2.21. The van der Waals surface area contributed by atoms with Crippen LogP contribution in [0.2, 0.25) is 0 Å². The van der Waals surface area contributed by atoms with Crippen molar-refractivity contribution >= 4 is 0 Å². The molecule has 3 nitrogen and oxygen atoms in total. The van der Waals surface area contributed by atoms with Gasteiger partial charge in [0.05, 0.1) is 5.69 Å². The van der Waals surface area contributed by atoms with Crippen molar-refractivity contribution in [3.63, 3.8) is 0 Å². The van der Waals surface area contributed by atoms with Crippen molar-refractivity contribution in [2.75, 3.05) is 0 Å². The van der Waals surface area contributed by atoms with Crippen molar-refractivity contribution in [1.82, 2.24) is 9.97 Å². The predicted octanol–water partition coefficient (Wildman–Crippen LogP) is 3.65. The lowest BCUT2D eigenvalue weighted by Gasteiger charge is -2.21. The Hall–Kier alpha value is -1.90. The number of hydrogen-bond donors (Lipinski definition) is 1. The van der Waals surface area contributed by atoms with Crippen LogP contribution in [-0.2, 0) is 0 Å². The second-order valence-electron chi connectivity index (χ2n) is 6.57. The van der Waals surface area contributed by atoms with Gasteiger partial charge in [-0.25, -0.2) is 4.98 Å². The molecule has 1 aromatic heterocycles. The van der Waals surface area contributed by atoms with E-state index in [9.17, 15) is 4.79 Å². The molecule has 2 aliphatic rings. The summed E-state index contributed by atoms with van der Waals surface area (Å²) in [5, 5.41) is 0. The van der Waals surface area contributed by atoms with Crippen molar-refractivity contribution in [2.45, 2.75) is 38.5 Å². The number of benzene rings is 1. The number of nitrogens with one attached hydrogen (secondary N) is 1. The Morgan fingerprint density at radius 1 is 1.14 bits per heavy atom. The van der Waals surface area contributed by atoms with Crippen LogP contribution in [0.25, 0.3) is 11.3 Å². The van der Waals surface area contributed by atoms with E-state index >= 15 is 0 Å². The van der Waals surface area contributed by atoms with Gasteiger partial charge in [0.1, 0.15) is 5.82 Å². The SMILES string of the molecule is Cc1c(-c2ccccc2)nc(C2CC3CCC2C3)[nH]c1=O. The molecule has 3 heteroatoms. The Balaban J connectivity index is 1.80. The van der Waals surface area contributed by atoms with Crippen LogP contribution in [0, 0.1) is 18.8 Å². The molecule has 2 fully saturated rings. The molecular formula is C18H20N2O. The Bertz CT molecular complexity index is 720. The number of rotatable bonds is 2. The van der Waals surface area contributed by atoms with E-state index in [1.54, 1.807) is 0 Å².